The van der Waals surface area contributed by atoms with Crippen molar-refractivity contribution < 1.29 is 4.79 Å². The van der Waals surface area contributed by atoms with E-state index in [4.69, 9.17) is 0 Å². The highest BCUT2D eigenvalue weighted by molar-refractivity contribution is 6.07. The van der Waals surface area contributed by atoms with Gasteiger partial charge >= 0.3 is 0 Å². The van der Waals surface area contributed by atoms with E-state index in [0.717, 1.165) is 12.0 Å². The van der Waals surface area contributed by atoms with Gasteiger partial charge < -0.3 is 0 Å². The Bertz CT molecular complexity index is 616. The third-order valence-corrected chi connectivity index (χ3v) is 3.99. The van der Waals surface area contributed by atoms with Crippen molar-refractivity contribution in [2.75, 3.05) is 0 Å². The van der Waals surface area contributed by atoms with Gasteiger partial charge in [0.05, 0.1) is 5.92 Å². The molecule has 0 amide bonds. The zero-order valence-corrected chi connectivity index (χ0v) is 9.39. The van der Waals surface area contributed by atoms with Crippen molar-refractivity contribution in [3.63, 3.8) is 0 Å². The summed E-state index contributed by atoms with van der Waals surface area (Å²) in [6.45, 7) is 0. The number of ketones is 1. The fourth-order valence-corrected chi connectivity index (χ4v) is 3.06. The first-order chi connectivity index (χ1) is 8.36. The van der Waals surface area contributed by atoms with Gasteiger partial charge in [0.1, 0.15) is 0 Å². The van der Waals surface area contributed by atoms with Gasteiger partial charge in [-0.3, -0.25) is 4.79 Å². The van der Waals surface area contributed by atoms with Crippen molar-refractivity contribution >= 4 is 11.4 Å². The number of benzene rings is 1. The van der Waals surface area contributed by atoms with E-state index in [1.165, 1.54) is 16.7 Å². The van der Waals surface area contributed by atoms with E-state index in [0.29, 0.717) is 5.92 Å². The van der Waals surface area contributed by atoms with Crippen LogP contribution in [-0.4, -0.2) is 5.78 Å². The number of allylic oxidation sites excluding steroid dienone is 6. The number of carbonyl (C=O) groups excluding carboxylic acids is 1. The molecule has 4 rings (SSSR count). The van der Waals surface area contributed by atoms with E-state index in [1.807, 2.05) is 24.3 Å². The van der Waals surface area contributed by atoms with E-state index in [2.05, 4.69) is 24.3 Å². The van der Waals surface area contributed by atoms with Gasteiger partial charge in [0.2, 0.25) is 0 Å². The van der Waals surface area contributed by atoms with Crippen LogP contribution >= 0.6 is 0 Å². The lowest BCUT2D eigenvalue weighted by Gasteiger charge is -2.20. The molecule has 1 aromatic rings. The molecular weight excluding hydrogens is 208 g/mol. The number of hydrogen-bond donors (Lipinski definition) is 0. The third kappa shape index (κ3) is 1.17. The number of carbonyl (C=O) groups is 1. The quantitative estimate of drug-likeness (QED) is 0.655. The summed E-state index contributed by atoms with van der Waals surface area (Å²) in [5.41, 5.74) is 4.95. The smallest absolute Gasteiger partial charge is 0.171 e. The molecule has 0 saturated heterocycles. The Labute approximate surface area is 100 Å². The normalized spacial score (nSPS) is 28.4. The average Bonchev–Trinajstić information content (AvgIpc) is 3.18. The molecule has 3 aliphatic rings. The van der Waals surface area contributed by atoms with Crippen molar-refractivity contribution in [3.05, 3.63) is 65.3 Å². The summed E-state index contributed by atoms with van der Waals surface area (Å²) in [5.74, 6) is 0.615. The molecule has 0 bridgehead atoms. The van der Waals surface area contributed by atoms with Crippen LogP contribution in [-0.2, 0) is 0 Å². The predicted octanol–water partition coefficient (Wildman–Crippen LogP) is 3.40. The summed E-state index contributed by atoms with van der Waals surface area (Å²) in [5, 5.41) is 0. The molecule has 2 atom stereocenters. The molecule has 1 aromatic carbocycles. The summed E-state index contributed by atoms with van der Waals surface area (Å²) in [6.07, 6.45) is 9.38. The second kappa shape index (κ2) is 3.07. The summed E-state index contributed by atoms with van der Waals surface area (Å²) in [7, 11) is 0. The van der Waals surface area contributed by atoms with E-state index >= 15 is 0 Å². The van der Waals surface area contributed by atoms with Crippen molar-refractivity contribution in [3.8, 4) is 0 Å². The van der Waals surface area contributed by atoms with Crippen LogP contribution in [0, 0.1) is 11.8 Å². The molecular formula is C16H12O. The van der Waals surface area contributed by atoms with Crippen LogP contribution in [0.15, 0.2) is 54.1 Å². The molecule has 0 spiro atoms. The summed E-state index contributed by atoms with van der Waals surface area (Å²) in [6, 6.07) is 8.03. The van der Waals surface area contributed by atoms with E-state index in [1.54, 1.807) is 0 Å². The molecule has 0 heterocycles. The van der Waals surface area contributed by atoms with E-state index in [-0.39, 0.29) is 11.7 Å². The Morgan fingerprint density at radius 3 is 2.47 bits per heavy atom. The second-order valence-electron chi connectivity index (χ2n) is 4.91. The molecule has 1 nitrogen and oxygen atoms in total. The molecule has 0 aromatic heterocycles. The van der Waals surface area contributed by atoms with Crippen molar-refractivity contribution in [2.24, 2.45) is 11.8 Å². The molecule has 17 heavy (non-hydrogen) atoms. The van der Waals surface area contributed by atoms with Gasteiger partial charge in [-0.25, -0.2) is 0 Å². The summed E-state index contributed by atoms with van der Waals surface area (Å²) in [4.78, 5) is 12.5. The van der Waals surface area contributed by atoms with Crippen molar-refractivity contribution in [1.82, 2.24) is 0 Å². The first-order valence-corrected chi connectivity index (χ1v) is 6.07. The standard InChI is InChI=1S/C16H12O/c17-16-12-7-3-1-5-10(12)14-9-15(14)11-6-2-4-8-13(11)16/h1-8,10,12H,9H2. The van der Waals surface area contributed by atoms with Crippen LogP contribution in [0.25, 0.3) is 5.57 Å². The monoisotopic (exact) mass is 220 g/mol. The highest BCUT2D eigenvalue weighted by Crippen LogP contribution is 2.52. The minimum Gasteiger partial charge on any atom is -0.293 e. The SMILES string of the molecule is O=C1c2ccccc2C2=C(C2)C2C=CC=CC12. The topological polar surface area (TPSA) is 17.1 Å². The van der Waals surface area contributed by atoms with E-state index in [9.17, 15) is 4.79 Å². The van der Waals surface area contributed by atoms with Crippen LogP contribution in [0.4, 0.5) is 0 Å². The molecule has 0 radical (unpaired) electrons. The minimum atomic E-state index is 0.0242. The van der Waals surface area contributed by atoms with Gasteiger partial charge in [-0.1, -0.05) is 54.1 Å². The number of Topliss-reactive ketones (excluding diaryl/α,β-unsaturated/α-hetero) is 1. The Hall–Kier alpha value is -1.89. The Morgan fingerprint density at radius 1 is 0.941 bits per heavy atom. The van der Waals surface area contributed by atoms with Crippen LogP contribution in [0.2, 0.25) is 0 Å². The maximum absolute atomic E-state index is 12.5. The van der Waals surface area contributed by atoms with Gasteiger partial charge in [0.25, 0.3) is 0 Å². The van der Waals surface area contributed by atoms with Crippen LogP contribution in [0.3, 0.4) is 0 Å². The molecule has 0 aliphatic heterocycles. The van der Waals surface area contributed by atoms with Gasteiger partial charge in [0.15, 0.2) is 5.78 Å². The third-order valence-electron chi connectivity index (χ3n) is 3.99. The van der Waals surface area contributed by atoms with Gasteiger partial charge in [-0.05, 0) is 17.6 Å². The average molecular weight is 220 g/mol. The molecule has 82 valence electrons. The highest BCUT2D eigenvalue weighted by atomic mass is 16.1. The zero-order valence-electron chi connectivity index (χ0n) is 9.39. The maximum Gasteiger partial charge on any atom is 0.171 e. The fourth-order valence-electron chi connectivity index (χ4n) is 3.06. The number of fused-ring (bicyclic) bond motifs is 4. The van der Waals surface area contributed by atoms with Crippen LogP contribution in [0.1, 0.15) is 22.3 Å². The zero-order chi connectivity index (χ0) is 11.4. The Balaban J connectivity index is 1.96. The largest absolute Gasteiger partial charge is 0.293 e. The van der Waals surface area contributed by atoms with Gasteiger partial charge in [-0.15, -0.1) is 0 Å². The summed E-state index contributed by atoms with van der Waals surface area (Å²) < 4.78 is 0. The van der Waals surface area contributed by atoms with Crippen molar-refractivity contribution in [2.45, 2.75) is 6.42 Å². The van der Waals surface area contributed by atoms with Crippen LogP contribution < -0.4 is 0 Å². The lowest BCUT2D eigenvalue weighted by molar-refractivity contribution is 0.0930. The Kier molecular flexibility index (Phi) is 1.66. The molecule has 0 saturated carbocycles. The fraction of sp³-hybridized carbons (Fsp3) is 0.188. The Morgan fingerprint density at radius 2 is 1.65 bits per heavy atom. The van der Waals surface area contributed by atoms with Crippen molar-refractivity contribution in [1.29, 1.82) is 0 Å². The predicted molar refractivity (Wildman–Crippen MR) is 67.6 cm³/mol. The molecule has 0 fully saturated rings. The highest BCUT2D eigenvalue weighted by Gasteiger charge is 2.41. The number of hydrogen-bond acceptors (Lipinski definition) is 1. The molecule has 0 N–H and O–H groups in total. The molecule has 2 unspecified atom stereocenters. The second-order valence-corrected chi connectivity index (χ2v) is 4.91. The van der Waals surface area contributed by atoms with E-state index < -0.39 is 0 Å². The first-order valence-electron chi connectivity index (χ1n) is 6.07. The molecule has 3 aliphatic carbocycles. The lowest BCUT2D eigenvalue weighted by atomic mass is 9.81. The first kappa shape index (κ1) is 9.17. The van der Waals surface area contributed by atoms with Gasteiger partial charge in [-0.2, -0.15) is 0 Å². The van der Waals surface area contributed by atoms with Gasteiger partial charge in [0, 0.05) is 11.5 Å². The minimum absolute atomic E-state index is 0.0242. The van der Waals surface area contributed by atoms with Crippen LogP contribution in [0.5, 0.6) is 0 Å². The molecule has 1 heteroatoms. The maximum atomic E-state index is 12.5. The lowest BCUT2D eigenvalue weighted by Crippen LogP contribution is -2.22. The number of rotatable bonds is 0. The summed E-state index contributed by atoms with van der Waals surface area (Å²) >= 11 is 0.